The topological polar surface area (TPSA) is 83.6 Å². The number of rotatable bonds is 6. The Bertz CT molecular complexity index is 917. The number of carbonyl (C=O) groups is 2. The van der Waals surface area contributed by atoms with Crippen molar-refractivity contribution >= 4 is 54.9 Å². The lowest BCUT2D eigenvalue weighted by Crippen LogP contribution is -2.38. The predicted octanol–water partition coefficient (Wildman–Crippen LogP) is 2.97. The molecule has 2 aromatic carbocycles. The number of halogens is 2. The first-order valence-corrected chi connectivity index (χ1v) is 10.3. The van der Waals surface area contributed by atoms with Gasteiger partial charge in [-0.3, -0.25) is 9.59 Å². The molecule has 0 unspecified atom stereocenters. The molecule has 0 atom stereocenters. The molecule has 0 aromatic heterocycles. The molecule has 2 rings (SSSR count). The summed E-state index contributed by atoms with van der Waals surface area (Å²) in [5, 5.41) is 3.05. The van der Waals surface area contributed by atoms with Gasteiger partial charge in [0, 0.05) is 16.5 Å². The number of sulfone groups is 1. The highest BCUT2D eigenvalue weighted by atomic mass is 79.9. The number of nitrogens with zero attached hydrogens (tertiary/aromatic N) is 1. The maximum absolute atomic E-state index is 12.3. The summed E-state index contributed by atoms with van der Waals surface area (Å²) in [7, 11) is -2.44. The van der Waals surface area contributed by atoms with E-state index in [0.717, 1.165) is 4.90 Å². The van der Waals surface area contributed by atoms with Crippen LogP contribution in [0.15, 0.2) is 57.9 Å². The molecule has 26 heavy (non-hydrogen) atoms. The SMILES string of the molecule is CN(CC(=O)Nc1ccccc1Br)C(=O)CS(=O)(=O)c1ccc(Cl)cc1. The Kier molecular flexibility index (Phi) is 6.80. The second-order valence-corrected chi connectivity index (χ2v) is 8.77. The lowest BCUT2D eigenvalue weighted by Gasteiger charge is -2.17. The largest absolute Gasteiger partial charge is 0.336 e. The molecule has 0 radical (unpaired) electrons. The molecule has 0 aliphatic rings. The zero-order chi connectivity index (χ0) is 19.3. The van der Waals surface area contributed by atoms with Gasteiger partial charge in [-0.25, -0.2) is 8.42 Å². The minimum atomic E-state index is -3.81. The first-order valence-electron chi connectivity index (χ1n) is 7.46. The Balaban J connectivity index is 1.97. The monoisotopic (exact) mass is 458 g/mol. The quantitative estimate of drug-likeness (QED) is 0.720. The fraction of sp³-hybridized carbons (Fsp3) is 0.176. The van der Waals surface area contributed by atoms with Crippen molar-refractivity contribution in [2.24, 2.45) is 0 Å². The van der Waals surface area contributed by atoms with Gasteiger partial charge in [-0.2, -0.15) is 0 Å². The van der Waals surface area contributed by atoms with Crippen molar-refractivity contribution in [1.82, 2.24) is 4.90 Å². The predicted molar refractivity (Wildman–Crippen MR) is 104 cm³/mol. The molecule has 0 aliphatic heterocycles. The zero-order valence-corrected chi connectivity index (χ0v) is 16.9. The van der Waals surface area contributed by atoms with Crippen molar-refractivity contribution in [2.75, 3.05) is 24.7 Å². The maximum Gasteiger partial charge on any atom is 0.244 e. The average Bonchev–Trinajstić information content (AvgIpc) is 2.57. The Hall–Kier alpha value is -1.90. The Morgan fingerprint density at radius 3 is 2.35 bits per heavy atom. The number of likely N-dealkylation sites (N-methyl/N-ethyl adjacent to an activating group) is 1. The normalized spacial score (nSPS) is 11.0. The van der Waals surface area contributed by atoms with Gasteiger partial charge in [0.1, 0.15) is 5.75 Å². The molecule has 138 valence electrons. The number of anilines is 1. The van der Waals surface area contributed by atoms with Crippen molar-refractivity contribution in [3.63, 3.8) is 0 Å². The Morgan fingerprint density at radius 1 is 1.12 bits per heavy atom. The molecule has 2 amide bonds. The third kappa shape index (κ3) is 5.55. The van der Waals surface area contributed by atoms with E-state index in [2.05, 4.69) is 21.2 Å². The van der Waals surface area contributed by atoms with E-state index in [9.17, 15) is 18.0 Å². The van der Waals surface area contributed by atoms with E-state index in [1.165, 1.54) is 31.3 Å². The summed E-state index contributed by atoms with van der Waals surface area (Å²) < 4.78 is 25.3. The average molecular weight is 460 g/mol. The molecular formula is C17H16BrClN2O4S. The van der Waals surface area contributed by atoms with Crippen LogP contribution in [-0.2, 0) is 19.4 Å². The minimum Gasteiger partial charge on any atom is -0.336 e. The van der Waals surface area contributed by atoms with E-state index >= 15 is 0 Å². The third-order valence-corrected chi connectivity index (χ3v) is 6.00. The highest BCUT2D eigenvalue weighted by molar-refractivity contribution is 9.10. The van der Waals surface area contributed by atoms with Crippen LogP contribution in [0.2, 0.25) is 5.02 Å². The third-order valence-electron chi connectivity index (χ3n) is 3.44. The molecule has 9 heteroatoms. The highest BCUT2D eigenvalue weighted by Crippen LogP contribution is 2.21. The van der Waals surface area contributed by atoms with Gasteiger partial charge in [-0.15, -0.1) is 0 Å². The molecule has 0 spiro atoms. The van der Waals surface area contributed by atoms with Gasteiger partial charge >= 0.3 is 0 Å². The molecule has 1 N–H and O–H groups in total. The second-order valence-electron chi connectivity index (χ2n) is 5.49. The number of benzene rings is 2. The van der Waals surface area contributed by atoms with Crippen LogP contribution in [0.1, 0.15) is 0 Å². The van der Waals surface area contributed by atoms with Crippen LogP contribution in [0.4, 0.5) is 5.69 Å². The summed E-state index contributed by atoms with van der Waals surface area (Å²) in [6.45, 7) is -0.268. The molecule has 2 aromatic rings. The molecule has 0 saturated heterocycles. The van der Waals surface area contributed by atoms with Crippen LogP contribution in [-0.4, -0.2) is 44.5 Å². The summed E-state index contributed by atoms with van der Waals surface area (Å²) >= 11 is 9.04. The van der Waals surface area contributed by atoms with Crippen molar-refractivity contribution < 1.29 is 18.0 Å². The molecule has 0 saturated carbocycles. The number of hydrogen-bond donors (Lipinski definition) is 1. The van der Waals surface area contributed by atoms with Crippen LogP contribution >= 0.6 is 27.5 Å². The Labute approximate surface area is 165 Å². The lowest BCUT2D eigenvalue weighted by molar-refractivity contribution is -0.131. The first kappa shape index (κ1) is 20.4. The lowest BCUT2D eigenvalue weighted by atomic mass is 10.3. The summed E-state index contributed by atoms with van der Waals surface area (Å²) in [4.78, 5) is 25.3. The van der Waals surface area contributed by atoms with E-state index < -0.39 is 27.4 Å². The van der Waals surface area contributed by atoms with E-state index in [1.807, 2.05) is 0 Å². The Morgan fingerprint density at radius 2 is 1.73 bits per heavy atom. The van der Waals surface area contributed by atoms with Gasteiger partial charge in [0.05, 0.1) is 17.1 Å². The van der Waals surface area contributed by atoms with Gasteiger partial charge in [0.15, 0.2) is 9.84 Å². The van der Waals surface area contributed by atoms with Gasteiger partial charge in [0.25, 0.3) is 0 Å². The van der Waals surface area contributed by atoms with Gasteiger partial charge in [-0.05, 0) is 52.3 Å². The summed E-state index contributed by atoms with van der Waals surface area (Å²) in [5.74, 6) is -1.84. The smallest absolute Gasteiger partial charge is 0.244 e. The maximum atomic E-state index is 12.3. The van der Waals surface area contributed by atoms with E-state index in [4.69, 9.17) is 11.6 Å². The standard InChI is InChI=1S/C17H16BrClN2O4S/c1-21(10-16(22)20-15-5-3-2-4-14(15)18)17(23)11-26(24,25)13-8-6-12(19)7-9-13/h2-9H,10-11H2,1H3,(H,20,22). The highest BCUT2D eigenvalue weighted by Gasteiger charge is 2.23. The van der Waals surface area contributed by atoms with Gasteiger partial charge < -0.3 is 10.2 Å². The van der Waals surface area contributed by atoms with Gasteiger partial charge in [-0.1, -0.05) is 23.7 Å². The number of carbonyl (C=O) groups excluding carboxylic acids is 2. The van der Waals surface area contributed by atoms with E-state index in [1.54, 1.807) is 24.3 Å². The van der Waals surface area contributed by atoms with E-state index in [0.29, 0.717) is 15.2 Å². The molecule has 6 nitrogen and oxygen atoms in total. The number of hydrogen-bond acceptors (Lipinski definition) is 4. The number of amides is 2. The summed E-state index contributed by atoms with van der Waals surface area (Å²) in [5.41, 5.74) is 0.562. The minimum absolute atomic E-state index is 0.00122. The fourth-order valence-corrected chi connectivity index (χ4v) is 3.83. The van der Waals surface area contributed by atoms with Crippen LogP contribution in [0.25, 0.3) is 0 Å². The van der Waals surface area contributed by atoms with Crippen LogP contribution < -0.4 is 5.32 Å². The van der Waals surface area contributed by atoms with Crippen LogP contribution in [0.3, 0.4) is 0 Å². The van der Waals surface area contributed by atoms with Crippen molar-refractivity contribution in [2.45, 2.75) is 4.90 Å². The zero-order valence-electron chi connectivity index (χ0n) is 13.8. The molecule has 0 bridgehead atoms. The molecule has 0 aliphatic carbocycles. The van der Waals surface area contributed by atoms with Crippen LogP contribution in [0, 0.1) is 0 Å². The number of para-hydroxylation sites is 1. The summed E-state index contributed by atoms with van der Waals surface area (Å²) in [6.07, 6.45) is 0. The molecule has 0 heterocycles. The van der Waals surface area contributed by atoms with E-state index in [-0.39, 0.29) is 11.4 Å². The fourth-order valence-electron chi connectivity index (χ4n) is 2.05. The van der Waals surface area contributed by atoms with Crippen molar-refractivity contribution in [1.29, 1.82) is 0 Å². The second kappa shape index (κ2) is 8.66. The van der Waals surface area contributed by atoms with Crippen molar-refractivity contribution in [3.05, 3.63) is 58.0 Å². The van der Waals surface area contributed by atoms with Crippen LogP contribution in [0.5, 0.6) is 0 Å². The molecular weight excluding hydrogens is 444 g/mol. The van der Waals surface area contributed by atoms with Crippen molar-refractivity contribution in [3.8, 4) is 0 Å². The summed E-state index contributed by atoms with van der Waals surface area (Å²) in [6, 6.07) is 12.6. The molecule has 0 fully saturated rings. The number of nitrogens with one attached hydrogen (secondary N) is 1. The first-order chi connectivity index (χ1) is 12.2. The van der Waals surface area contributed by atoms with Gasteiger partial charge in [0.2, 0.25) is 11.8 Å².